The standard InChI is InChI=1S/C19H21F3N4O2/c1-3-28-15-7-5-4-6-12(15)10-24-19(23-2)25-11-16(27)26-14-9-8-13(20)17(21)18(14)22/h4-9H,3,10-11H2,1-2H3,(H,26,27)(H2,23,24,25). The Bertz CT molecular complexity index is 859. The van der Waals surface area contributed by atoms with Crippen LogP contribution in [0.5, 0.6) is 5.75 Å². The first-order chi connectivity index (χ1) is 13.5. The summed E-state index contributed by atoms with van der Waals surface area (Å²) in [5.74, 6) is -4.01. The van der Waals surface area contributed by atoms with E-state index < -0.39 is 29.0 Å². The van der Waals surface area contributed by atoms with Crippen LogP contribution in [0, 0.1) is 17.5 Å². The molecule has 1 amide bonds. The number of amides is 1. The molecule has 2 rings (SSSR count). The van der Waals surface area contributed by atoms with Gasteiger partial charge in [0.05, 0.1) is 18.8 Å². The summed E-state index contributed by atoms with van der Waals surface area (Å²) >= 11 is 0. The molecule has 0 bridgehead atoms. The molecule has 0 radical (unpaired) electrons. The molecule has 0 aliphatic carbocycles. The molecule has 2 aromatic carbocycles. The van der Waals surface area contributed by atoms with E-state index in [0.29, 0.717) is 19.1 Å². The van der Waals surface area contributed by atoms with Crippen LogP contribution in [-0.4, -0.2) is 32.1 Å². The van der Waals surface area contributed by atoms with Crippen LogP contribution in [0.15, 0.2) is 41.4 Å². The molecule has 0 saturated carbocycles. The number of halogens is 3. The first-order valence-electron chi connectivity index (χ1n) is 8.54. The summed E-state index contributed by atoms with van der Waals surface area (Å²) in [6, 6.07) is 9.16. The van der Waals surface area contributed by atoms with Crippen LogP contribution in [0.1, 0.15) is 12.5 Å². The molecule has 28 heavy (non-hydrogen) atoms. The summed E-state index contributed by atoms with van der Waals surface area (Å²) in [5, 5.41) is 7.95. The second kappa shape index (κ2) is 10.2. The summed E-state index contributed by atoms with van der Waals surface area (Å²) < 4.78 is 45.3. The van der Waals surface area contributed by atoms with E-state index in [1.165, 1.54) is 7.05 Å². The molecule has 0 aromatic heterocycles. The second-order valence-corrected chi connectivity index (χ2v) is 5.59. The number of rotatable bonds is 7. The molecule has 0 spiro atoms. The smallest absolute Gasteiger partial charge is 0.243 e. The topological polar surface area (TPSA) is 74.8 Å². The third-order valence-corrected chi connectivity index (χ3v) is 3.67. The van der Waals surface area contributed by atoms with Crippen molar-refractivity contribution >= 4 is 17.6 Å². The van der Waals surface area contributed by atoms with Gasteiger partial charge in [0.2, 0.25) is 5.91 Å². The van der Waals surface area contributed by atoms with Crippen LogP contribution in [0.25, 0.3) is 0 Å². The molecule has 0 aliphatic rings. The van der Waals surface area contributed by atoms with E-state index in [4.69, 9.17) is 4.74 Å². The minimum Gasteiger partial charge on any atom is -0.494 e. The molecular formula is C19H21F3N4O2. The third-order valence-electron chi connectivity index (χ3n) is 3.67. The fraction of sp³-hybridized carbons (Fsp3) is 0.263. The van der Waals surface area contributed by atoms with Gasteiger partial charge in [-0.3, -0.25) is 9.79 Å². The van der Waals surface area contributed by atoms with Crippen LogP contribution in [-0.2, 0) is 11.3 Å². The number of ether oxygens (including phenoxy) is 1. The van der Waals surface area contributed by atoms with Crippen molar-refractivity contribution in [2.75, 3.05) is 25.5 Å². The number of para-hydroxylation sites is 1. The van der Waals surface area contributed by atoms with Crippen LogP contribution >= 0.6 is 0 Å². The molecule has 0 aliphatic heterocycles. The van der Waals surface area contributed by atoms with E-state index in [2.05, 4.69) is 20.9 Å². The van der Waals surface area contributed by atoms with Gasteiger partial charge >= 0.3 is 0 Å². The number of carbonyl (C=O) groups excluding carboxylic acids is 1. The van der Waals surface area contributed by atoms with E-state index in [1.54, 1.807) is 0 Å². The minimum atomic E-state index is -1.64. The molecule has 0 saturated heterocycles. The maximum absolute atomic E-state index is 13.6. The van der Waals surface area contributed by atoms with Crippen molar-refractivity contribution in [3.63, 3.8) is 0 Å². The number of guanidine groups is 1. The molecule has 3 N–H and O–H groups in total. The lowest BCUT2D eigenvalue weighted by Crippen LogP contribution is -2.41. The molecule has 2 aromatic rings. The van der Waals surface area contributed by atoms with Gasteiger partial charge in [-0.15, -0.1) is 0 Å². The molecule has 9 heteroatoms. The van der Waals surface area contributed by atoms with Gasteiger partial charge in [-0.2, -0.15) is 0 Å². The summed E-state index contributed by atoms with van der Waals surface area (Å²) in [6.07, 6.45) is 0. The predicted octanol–water partition coefficient (Wildman–Crippen LogP) is 2.81. The number of benzene rings is 2. The Balaban J connectivity index is 1.89. The van der Waals surface area contributed by atoms with Crippen LogP contribution < -0.4 is 20.7 Å². The monoisotopic (exact) mass is 394 g/mol. The van der Waals surface area contributed by atoms with Gasteiger partial charge in [-0.05, 0) is 25.1 Å². The lowest BCUT2D eigenvalue weighted by atomic mass is 10.2. The number of hydrogen-bond donors (Lipinski definition) is 3. The highest BCUT2D eigenvalue weighted by Crippen LogP contribution is 2.19. The Hall–Kier alpha value is -3.23. The second-order valence-electron chi connectivity index (χ2n) is 5.59. The molecule has 0 fully saturated rings. The van der Waals surface area contributed by atoms with Crippen molar-refractivity contribution < 1.29 is 22.7 Å². The van der Waals surface area contributed by atoms with Crippen LogP contribution in [0.3, 0.4) is 0 Å². The minimum absolute atomic E-state index is 0.259. The molecule has 6 nitrogen and oxygen atoms in total. The van der Waals surface area contributed by atoms with Gasteiger partial charge in [-0.25, -0.2) is 13.2 Å². The number of nitrogens with one attached hydrogen (secondary N) is 3. The summed E-state index contributed by atoms with van der Waals surface area (Å²) in [4.78, 5) is 15.9. The number of nitrogens with zero attached hydrogens (tertiary/aromatic N) is 1. The van der Waals surface area contributed by atoms with Gasteiger partial charge in [0.15, 0.2) is 23.4 Å². The average molecular weight is 394 g/mol. The number of carbonyl (C=O) groups is 1. The van der Waals surface area contributed by atoms with Gasteiger partial charge in [-0.1, -0.05) is 18.2 Å². The highest BCUT2D eigenvalue weighted by molar-refractivity contribution is 5.95. The Kier molecular flexibility index (Phi) is 7.67. The van der Waals surface area contributed by atoms with E-state index in [1.807, 2.05) is 31.2 Å². The van der Waals surface area contributed by atoms with Gasteiger partial charge < -0.3 is 20.7 Å². The van der Waals surface area contributed by atoms with E-state index in [0.717, 1.165) is 23.4 Å². The normalized spacial score (nSPS) is 11.1. The van der Waals surface area contributed by atoms with Crippen molar-refractivity contribution in [3.8, 4) is 5.75 Å². The SMILES string of the molecule is CCOc1ccccc1CNC(=NC)NCC(=O)Nc1ccc(F)c(F)c1F. The summed E-state index contributed by atoms with van der Waals surface area (Å²) in [7, 11) is 1.52. The molecule has 0 heterocycles. The number of anilines is 1. The van der Waals surface area contributed by atoms with E-state index >= 15 is 0 Å². The lowest BCUT2D eigenvalue weighted by molar-refractivity contribution is -0.115. The number of hydrogen-bond acceptors (Lipinski definition) is 3. The number of aliphatic imine (C=N–C) groups is 1. The average Bonchev–Trinajstić information content (AvgIpc) is 2.70. The Morgan fingerprint density at radius 3 is 2.54 bits per heavy atom. The van der Waals surface area contributed by atoms with Gasteiger partial charge in [0, 0.05) is 19.2 Å². The fourth-order valence-corrected chi connectivity index (χ4v) is 2.33. The highest BCUT2D eigenvalue weighted by atomic mass is 19.2. The van der Waals surface area contributed by atoms with Gasteiger partial charge in [0.25, 0.3) is 0 Å². The van der Waals surface area contributed by atoms with Gasteiger partial charge in [0.1, 0.15) is 5.75 Å². The summed E-state index contributed by atoms with van der Waals surface area (Å²) in [6.45, 7) is 2.56. The highest BCUT2D eigenvalue weighted by Gasteiger charge is 2.15. The Labute approximate surface area is 160 Å². The molecular weight excluding hydrogens is 373 g/mol. The molecule has 150 valence electrons. The van der Waals surface area contributed by atoms with Crippen molar-refractivity contribution in [1.29, 1.82) is 0 Å². The zero-order valence-corrected chi connectivity index (χ0v) is 15.5. The third kappa shape index (κ3) is 5.63. The Morgan fingerprint density at radius 2 is 1.82 bits per heavy atom. The maximum atomic E-state index is 13.6. The van der Waals surface area contributed by atoms with Crippen molar-refractivity contribution in [3.05, 3.63) is 59.4 Å². The fourth-order valence-electron chi connectivity index (χ4n) is 2.33. The first kappa shape index (κ1) is 21.1. The van der Waals surface area contributed by atoms with Crippen molar-refractivity contribution in [1.82, 2.24) is 10.6 Å². The molecule has 0 atom stereocenters. The van der Waals surface area contributed by atoms with E-state index in [-0.39, 0.29) is 6.54 Å². The predicted molar refractivity (Wildman–Crippen MR) is 101 cm³/mol. The quantitative estimate of drug-likeness (QED) is 0.384. The maximum Gasteiger partial charge on any atom is 0.243 e. The van der Waals surface area contributed by atoms with Crippen molar-refractivity contribution in [2.45, 2.75) is 13.5 Å². The van der Waals surface area contributed by atoms with Crippen molar-refractivity contribution in [2.24, 2.45) is 4.99 Å². The zero-order chi connectivity index (χ0) is 20.5. The van der Waals surface area contributed by atoms with Crippen LogP contribution in [0.2, 0.25) is 0 Å². The summed E-state index contributed by atoms with van der Waals surface area (Å²) in [5.41, 5.74) is 0.458. The zero-order valence-electron chi connectivity index (χ0n) is 15.5. The largest absolute Gasteiger partial charge is 0.494 e. The first-order valence-corrected chi connectivity index (χ1v) is 8.54. The lowest BCUT2D eigenvalue weighted by Gasteiger charge is -2.14. The Morgan fingerprint density at radius 1 is 1.07 bits per heavy atom. The van der Waals surface area contributed by atoms with Crippen LogP contribution in [0.4, 0.5) is 18.9 Å². The molecule has 0 unspecified atom stereocenters. The van der Waals surface area contributed by atoms with E-state index in [9.17, 15) is 18.0 Å².